The number of carbonyl (C=O) groups is 4. The Labute approximate surface area is 412 Å². The number of nitrogens with one attached hydrogen (secondary N) is 4. The summed E-state index contributed by atoms with van der Waals surface area (Å²) in [6.45, 7) is 3.08. The van der Waals surface area contributed by atoms with Crippen LogP contribution in [0.1, 0.15) is 59.7 Å². The number of carbonyl (C=O) groups excluding carboxylic acids is 4. The molecule has 0 aliphatic heterocycles. The van der Waals surface area contributed by atoms with E-state index in [1.807, 2.05) is 48.5 Å². The van der Waals surface area contributed by atoms with E-state index in [1.54, 1.807) is 52.5 Å². The number of nitrogens with two attached hydrogens (primary N) is 3. The number of ketones is 2. The van der Waals surface area contributed by atoms with Crippen molar-refractivity contribution in [2.45, 2.75) is 64.2 Å². The molecule has 0 bridgehead atoms. The molecule has 22 nitrogen and oxygen atoms in total. The molecule has 0 spiro atoms. The predicted octanol–water partition coefficient (Wildman–Crippen LogP) is 4.88. The van der Waals surface area contributed by atoms with Gasteiger partial charge >= 0.3 is 0 Å². The Kier molecular flexibility index (Phi) is 17.2. The van der Waals surface area contributed by atoms with Crippen LogP contribution in [0, 0.1) is 24.7 Å². The standard InChI is InChI=1S/C27H30N8O3.C23H22N8O3/c1-2-3-16-30-25-24(33-38-34-25)26-32-21-9-4-5-10-22(21)35(26)17-23(36)18-11-13-19(14-12-18)31-27(37)20(29)8-6-7-15-28;1-3-4-11-25-21-20(29-34-30-21)22-27-16-7-5-6-8-17(16)31(22)13-18(32)15-9-10-19(26-12-15)28-23(33)14(2)24/h1,4-5,9-14,20H,3,6-8,15-17,28-29H2,(H,30,34)(H,31,37);1,5-10,12,14H,4,11,13,24H2,2H3,(H,25,30)(H,26,28,33)/t20-;14-/m00/s1. The highest BCUT2D eigenvalue weighted by atomic mass is 16.6. The lowest BCUT2D eigenvalue weighted by molar-refractivity contribution is -0.118. The third-order valence-electron chi connectivity index (χ3n) is 11.0. The molecule has 22 heteroatoms. The summed E-state index contributed by atoms with van der Waals surface area (Å²) in [6.07, 6.45) is 15.2. The molecule has 0 saturated heterocycles. The number of amides is 2. The number of anilines is 4. The zero-order valence-corrected chi connectivity index (χ0v) is 39.2. The number of unbranched alkanes of at least 4 members (excludes halogenated alkanes) is 1. The molecule has 8 aromatic rings. The van der Waals surface area contributed by atoms with Crippen LogP contribution in [0.4, 0.5) is 23.1 Å². The van der Waals surface area contributed by atoms with Crippen LogP contribution >= 0.6 is 0 Å². The van der Waals surface area contributed by atoms with E-state index in [1.165, 1.54) is 6.20 Å². The number of hydrogen-bond donors (Lipinski definition) is 7. The fourth-order valence-electron chi connectivity index (χ4n) is 7.20. The van der Waals surface area contributed by atoms with E-state index < -0.39 is 12.1 Å². The van der Waals surface area contributed by atoms with Gasteiger partial charge in [-0.2, -0.15) is 0 Å². The summed E-state index contributed by atoms with van der Waals surface area (Å²) < 4.78 is 13.4. The SMILES string of the molecule is C#CCCNc1nonc1-c1nc2ccccc2n1CC(=O)c1ccc(NC(=O)[C@@H](N)CCCCN)cc1.C#CCCNc1nonc1-c1nc2ccccc2n1CC(=O)c1ccc(NC(=O)[C@H](C)N)nc1. The van der Waals surface area contributed by atoms with E-state index in [4.69, 9.17) is 39.3 Å². The molecule has 368 valence electrons. The number of pyridine rings is 1. The first-order valence-corrected chi connectivity index (χ1v) is 22.9. The summed E-state index contributed by atoms with van der Waals surface area (Å²) >= 11 is 0. The Morgan fingerprint density at radius 3 is 1.69 bits per heavy atom. The second kappa shape index (κ2) is 24.5. The van der Waals surface area contributed by atoms with E-state index in [9.17, 15) is 19.2 Å². The van der Waals surface area contributed by atoms with Crippen LogP contribution < -0.4 is 38.5 Å². The number of aromatic nitrogens is 9. The average molecular weight is 973 g/mol. The molecule has 72 heavy (non-hydrogen) atoms. The molecule has 0 aliphatic carbocycles. The molecule has 8 rings (SSSR count). The normalized spacial score (nSPS) is 11.7. The quantitative estimate of drug-likeness (QED) is 0.0270. The van der Waals surface area contributed by atoms with Crippen LogP contribution in [-0.2, 0) is 22.7 Å². The molecule has 0 radical (unpaired) electrons. The van der Waals surface area contributed by atoms with Gasteiger partial charge in [-0.1, -0.05) is 30.7 Å². The Morgan fingerprint density at radius 1 is 0.667 bits per heavy atom. The minimum absolute atomic E-state index is 0.00419. The third-order valence-corrected chi connectivity index (χ3v) is 11.0. The minimum Gasteiger partial charge on any atom is -0.364 e. The van der Waals surface area contributed by atoms with Crippen LogP contribution in [0.25, 0.3) is 45.1 Å². The van der Waals surface area contributed by atoms with Crippen molar-refractivity contribution >= 4 is 68.6 Å². The molecule has 0 unspecified atom stereocenters. The molecular formula is C50H52N16O6. The van der Waals surface area contributed by atoms with Crippen molar-refractivity contribution in [3.05, 3.63) is 102 Å². The maximum atomic E-state index is 13.3. The van der Waals surface area contributed by atoms with Crippen molar-refractivity contribution < 1.29 is 28.4 Å². The first-order chi connectivity index (χ1) is 35.0. The van der Waals surface area contributed by atoms with Gasteiger partial charge < -0.3 is 47.6 Å². The van der Waals surface area contributed by atoms with Gasteiger partial charge in [-0.3, -0.25) is 19.2 Å². The van der Waals surface area contributed by atoms with Gasteiger partial charge in [0.05, 0.1) is 47.2 Å². The molecule has 3 aromatic carbocycles. The van der Waals surface area contributed by atoms with E-state index in [0.717, 1.165) is 23.9 Å². The van der Waals surface area contributed by atoms with Crippen LogP contribution in [0.15, 0.2) is 100 Å². The van der Waals surface area contributed by atoms with Crippen molar-refractivity contribution in [3.8, 4) is 47.7 Å². The summed E-state index contributed by atoms with van der Waals surface area (Å²) in [7, 11) is 0. The topological polar surface area (TPSA) is 321 Å². The molecule has 5 heterocycles. The van der Waals surface area contributed by atoms with E-state index in [2.05, 4.69) is 68.7 Å². The Balaban J connectivity index is 0.000000213. The van der Waals surface area contributed by atoms with E-state index >= 15 is 0 Å². The van der Waals surface area contributed by atoms with Crippen LogP contribution in [0.3, 0.4) is 0 Å². The summed E-state index contributed by atoms with van der Waals surface area (Å²) in [5.74, 6) is 6.05. The Morgan fingerprint density at radius 2 is 1.19 bits per heavy atom. The van der Waals surface area contributed by atoms with Gasteiger partial charge in [0.15, 0.2) is 34.6 Å². The number of benzene rings is 3. The van der Waals surface area contributed by atoms with Gasteiger partial charge in [-0.25, -0.2) is 24.2 Å². The summed E-state index contributed by atoms with van der Waals surface area (Å²) in [5, 5.41) is 27.4. The lowest BCUT2D eigenvalue weighted by Gasteiger charge is -2.12. The molecule has 5 aromatic heterocycles. The number of imidazole rings is 2. The number of para-hydroxylation sites is 4. The smallest absolute Gasteiger partial charge is 0.242 e. The number of hydrogen-bond acceptors (Lipinski definition) is 18. The zero-order chi connectivity index (χ0) is 51.0. The maximum absolute atomic E-state index is 13.3. The monoisotopic (exact) mass is 972 g/mol. The zero-order valence-electron chi connectivity index (χ0n) is 39.2. The second-order valence-electron chi connectivity index (χ2n) is 16.2. The van der Waals surface area contributed by atoms with Crippen LogP contribution in [-0.4, -0.2) is 99.8 Å². The summed E-state index contributed by atoms with van der Waals surface area (Å²) in [6, 6.07) is 23.5. The first-order valence-electron chi connectivity index (χ1n) is 22.9. The van der Waals surface area contributed by atoms with Gasteiger partial charge in [0.1, 0.15) is 5.82 Å². The summed E-state index contributed by atoms with van der Waals surface area (Å²) in [4.78, 5) is 64.0. The molecule has 10 N–H and O–H groups in total. The van der Waals surface area contributed by atoms with Gasteiger partial charge in [-0.15, -0.1) is 24.7 Å². The average Bonchev–Trinajstić information content (AvgIpc) is 4.21. The fraction of sp³-hybridized carbons (Fsp3) is 0.260. The lowest BCUT2D eigenvalue weighted by Crippen LogP contribution is -2.35. The van der Waals surface area contributed by atoms with Gasteiger partial charge in [0.2, 0.25) is 23.5 Å². The highest BCUT2D eigenvalue weighted by Gasteiger charge is 2.24. The van der Waals surface area contributed by atoms with Crippen molar-refractivity contribution in [2.75, 3.05) is 40.9 Å². The number of fused-ring (bicyclic) bond motifs is 2. The summed E-state index contributed by atoms with van der Waals surface area (Å²) in [5.41, 5.74) is 22.1. The molecule has 0 aliphatic rings. The number of rotatable bonds is 22. The van der Waals surface area contributed by atoms with Crippen LogP contribution in [0.2, 0.25) is 0 Å². The molecular weight excluding hydrogens is 921 g/mol. The maximum Gasteiger partial charge on any atom is 0.242 e. The highest BCUT2D eigenvalue weighted by molar-refractivity contribution is 6.00. The lowest BCUT2D eigenvalue weighted by atomic mass is 10.1. The molecule has 0 fully saturated rings. The van der Waals surface area contributed by atoms with Gasteiger partial charge in [-0.05, 0) is 108 Å². The van der Waals surface area contributed by atoms with Gasteiger partial charge in [0, 0.05) is 48.9 Å². The number of terminal acetylenes is 2. The number of Topliss-reactive ketones (excluding diaryl/α,β-unsaturated/α-hetero) is 2. The van der Waals surface area contributed by atoms with Crippen molar-refractivity contribution in [3.63, 3.8) is 0 Å². The largest absolute Gasteiger partial charge is 0.364 e. The van der Waals surface area contributed by atoms with Crippen molar-refractivity contribution in [2.24, 2.45) is 17.2 Å². The molecule has 2 atom stereocenters. The molecule has 2 amide bonds. The Bertz CT molecular complexity index is 3230. The van der Waals surface area contributed by atoms with E-state index in [-0.39, 0.29) is 36.5 Å². The third kappa shape index (κ3) is 12.6. The van der Waals surface area contributed by atoms with Crippen molar-refractivity contribution in [1.82, 2.24) is 44.7 Å². The first kappa shape index (κ1) is 50.8. The van der Waals surface area contributed by atoms with E-state index in [0.29, 0.717) is 107 Å². The molecule has 0 saturated carbocycles. The number of nitrogens with zero attached hydrogens (tertiary/aromatic N) is 9. The second-order valence-corrected chi connectivity index (χ2v) is 16.2. The van der Waals surface area contributed by atoms with Crippen molar-refractivity contribution in [1.29, 1.82) is 0 Å². The van der Waals surface area contributed by atoms with Gasteiger partial charge in [0.25, 0.3) is 0 Å². The highest BCUT2D eigenvalue weighted by Crippen LogP contribution is 2.30. The predicted molar refractivity (Wildman–Crippen MR) is 271 cm³/mol. The minimum atomic E-state index is -0.673. The fourth-order valence-corrected chi connectivity index (χ4v) is 7.20. The Hall–Kier alpha value is -9.09. The van der Waals surface area contributed by atoms with Crippen LogP contribution in [0.5, 0.6) is 0 Å².